The fourth-order valence-corrected chi connectivity index (χ4v) is 4.48. The third kappa shape index (κ3) is 3.94. The third-order valence-corrected chi connectivity index (χ3v) is 6.35. The molecule has 0 spiro atoms. The largest absolute Gasteiger partial charge is 0.322 e. The number of nitrogens with zero attached hydrogens (tertiary/aromatic N) is 4. The van der Waals surface area contributed by atoms with Gasteiger partial charge in [0.1, 0.15) is 0 Å². The molecule has 1 amide bonds. The Hall–Kier alpha value is -2.44. The lowest BCUT2D eigenvalue weighted by atomic mass is 10.0. The van der Waals surface area contributed by atoms with Gasteiger partial charge in [-0.05, 0) is 52.7 Å². The fraction of sp³-hybridized carbons (Fsp3) is 0.435. The summed E-state index contributed by atoms with van der Waals surface area (Å²) in [6, 6.07) is 8.52. The normalized spacial score (nSPS) is 15.8. The number of aromatic nitrogens is 3. The van der Waals surface area contributed by atoms with Crippen LogP contribution in [-0.2, 0) is 0 Å². The van der Waals surface area contributed by atoms with E-state index in [1.165, 1.54) is 0 Å². The van der Waals surface area contributed by atoms with E-state index in [0.29, 0.717) is 22.7 Å². The number of hydrogen-bond donors (Lipinski definition) is 1. The summed E-state index contributed by atoms with van der Waals surface area (Å²) in [5.74, 6) is -0.268. The Balaban J connectivity index is 1.61. The van der Waals surface area contributed by atoms with Crippen molar-refractivity contribution in [3.05, 3.63) is 52.3 Å². The molecule has 1 aliphatic rings. The highest BCUT2D eigenvalue weighted by Crippen LogP contribution is 2.33. The van der Waals surface area contributed by atoms with Gasteiger partial charge in [0.25, 0.3) is 5.91 Å². The van der Waals surface area contributed by atoms with Crippen LogP contribution in [0.1, 0.15) is 54.3 Å². The fourth-order valence-electron chi connectivity index (χ4n) is 4.13. The third-order valence-electron chi connectivity index (χ3n) is 5.96. The van der Waals surface area contributed by atoms with Gasteiger partial charge >= 0.3 is 0 Å². The second-order valence-electron chi connectivity index (χ2n) is 8.40. The van der Waals surface area contributed by atoms with Crippen molar-refractivity contribution in [3.8, 4) is 0 Å². The highest BCUT2D eigenvalue weighted by Gasteiger charge is 2.26. The lowest BCUT2D eigenvalue weighted by Gasteiger charge is -2.34. The van der Waals surface area contributed by atoms with Crippen LogP contribution in [0.2, 0.25) is 5.02 Å². The molecule has 0 unspecified atom stereocenters. The summed E-state index contributed by atoms with van der Waals surface area (Å²) in [5, 5.41) is 8.83. The van der Waals surface area contributed by atoms with Crippen molar-refractivity contribution >= 4 is 34.2 Å². The van der Waals surface area contributed by atoms with E-state index in [4.69, 9.17) is 16.7 Å². The van der Waals surface area contributed by atoms with Crippen molar-refractivity contribution in [1.82, 2.24) is 19.7 Å². The van der Waals surface area contributed by atoms with E-state index < -0.39 is 0 Å². The van der Waals surface area contributed by atoms with Gasteiger partial charge in [0.15, 0.2) is 5.65 Å². The van der Waals surface area contributed by atoms with Crippen LogP contribution in [0.4, 0.5) is 5.69 Å². The Bertz CT molecular complexity index is 1070. The minimum atomic E-state index is -0.268. The van der Waals surface area contributed by atoms with E-state index in [0.717, 1.165) is 53.9 Å². The molecule has 1 aromatic carbocycles. The first-order valence-electron chi connectivity index (χ1n) is 10.5. The van der Waals surface area contributed by atoms with Crippen molar-refractivity contribution in [1.29, 1.82) is 0 Å². The molecule has 1 saturated heterocycles. The summed E-state index contributed by atoms with van der Waals surface area (Å²) in [6.45, 7) is 10.5. The summed E-state index contributed by atoms with van der Waals surface area (Å²) in [4.78, 5) is 19.9. The minimum absolute atomic E-state index is 0.268. The highest BCUT2D eigenvalue weighted by atomic mass is 35.5. The van der Waals surface area contributed by atoms with E-state index in [2.05, 4.69) is 29.0 Å². The SMILES string of the molecule is Cc1ccc(NC(=O)c2cnc3c(c(C)nn3C3CCN(C(C)C)CC3)c2Cl)cc1. The molecular weight excluding hydrogens is 398 g/mol. The van der Waals surface area contributed by atoms with Crippen LogP contribution in [0.3, 0.4) is 0 Å². The van der Waals surface area contributed by atoms with Crippen molar-refractivity contribution in [2.24, 2.45) is 0 Å². The van der Waals surface area contributed by atoms with Crippen LogP contribution in [0.25, 0.3) is 11.0 Å². The first-order chi connectivity index (χ1) is 14.3. The highest BCUT2D eigenvalue weighted by molar-refractivity contribution is 6.39. The first kappa shape index (κ1) is 20.8. The molecule has 7 heteroatoms. The van der Waals surface area contributed by atoms with Crippen LogP contribution in [0.15, 0.2) is 30.5 Å². The van der Waals surface area contributed by atoms with E-state index in [9.17, 15) is 4.79 Å². The molecule has 4 rings (SSSR count). The number of hydrogen-bond acceptors (Lipinski definition) is 4. The quantitative estimate of drug-likeness (QED) is 0.638. The molecule has 158 valence electrons. The van der Waals surface area contributed by atoms with Crippen molar-refractivity contribution in [2.45, 2.75) is 52.6 Å². The number of anilines is 1. The van der Waals surface area contributed by atoms with E-state index in [1.807, 2.05) is 42.8 Å². The molecule has 3 heterocycles. The van der Waals surface area contributed by atoms with Gasteiger partial charge in [-0.15, -0.1) is 0 Å². The number of nitrogens with one attached hydrogen (secondary N) is 1. The lowest BCUT2D eigenvalue weighted by molar-refractivity contribution is 0.102. The number of carbonyl (C=O) groups is 1. The summed E-state index contributed by atoms with van der Waals surface area (Å²) >= 11 is 6.69. The molecule has 0 radical (unpaired) electrons. The molecule has 0 bridgehead atoms. The number of aryl methyl sites for hydroxylation is 2. The average Bonchev–Trinajstić information content (AvgIpc) is 3.07. The van der Waals surface area contributed by atoms with Crippen LogP contribution in [-0.4, -0.2) is 44.7 Å². The summed E-state index contributed by atoms with van der Waals surface area (Å²) in [7, 11) is 0. The number of pyridine rings is 1. The van der Waals surface area contributed by atoms with Gasteiger partial charge in [0.05, 0.1) is 27.7 Å². The van der Waals surface area contributed by atoms with Gasteiger partial charge in [-0.25, -0.2) is 9.67 Å². The van der Waals surface area contributed by atoms with Crippen molar-refractivity contribution in [2.75, 3.05) is 18.4 Å². The number of halogens is 1. The molecule has 1 aliphatic heterocycles. The predicted octanol–water partition coefficient (Wildman–Crippen LogP) is 5.00. The summed E-state index contributed by atoms with van der Waals surface area (Å²) in [6.07, 6.45) is 3.63. The predicted molar refractivity (Wildman–Crippen MR) is 121 cm³/mol. The van der Waals surface area contributed by atoms with Gasteiger partial charge in [-0.1, -0.05) is 29.3 Å². The smallest absolute Gasteiger partial charge is 0.258 e. The molecule has 30 heavy (non-hydrogen) atoms. The Morgan fingerprint density at radius 1 is 1.17 bits per heavy atom. The van der Waals surface area contributed by atoms with E-state index in [-0.39, 0.29) is 5.91 Å². The van der Waals surface area contributed by atoms with E-state index in [1.54, 1.807) is 6.20 Å². The van der Waals surface area contributed by atoms with Gasteiger partial charge in [0.2, 0.25) is 0 Å². The second kappa shape index (κ2) is 8.36. The number of benzene rings is 1. The summed E-state index contributed by atoms with van der Waals surface area (Å²) < 4.78 is 2.01. The molecule has 1 N–H and O–H groups in total. The Morgan fingerprint density at radius 3 is 2.47 bits per heavy atom. The van der Waals surface area contributed by atoms with Crippen LogP contribution in [0.5, 0.6) is 0 Å². The molecule has 0 aliphatic carbocycles. The number of fused-ring (bicyclic) bond motifs is 1. The maximum atomic E-state index is 12.8. The second-order valence-corrected chi connectivity index (χ2v) is 8.77. The number of carbonyl (C=O) groups excluding carboxylic acids is 1. The Labute approximate surface area is 182 Å². The maximum absolute atomic E-state index is 12.8. The molecule has 2 aromatic heterocycles. The lowest BCUT2D eigenvalue weighted by Crippen LogP contribution is -2.39. The zero-order valence-corrected chi connectivity index (χ0v) is 18.7. The van der Waals surface area contributed by atoms with Gasteiger partial charge in [-0.3, -0.25) is 4.79 Å². The minimum Gasteiger partial charge on any atom is -0.322 e. The zero-order chi connectivity index (χ0) is 21.4. The number of amides is 1. The molecule has 0 saturated carbocycles. The monoisotopic (exact) mass is 425 g/mol. The van der Waals surface area contributed by atoms with Crippen LogP contribution in [0, 0.1) is 13.8 Å². The zero-order valence-electron chi connectivity index (χ0n) is 17.9. The molecule has 3 aromatic rings. The topological polar surface area (TPSA) is 63.1 Å². The Kier molecular flexibility index (Phi) is 5.80. The van der Waals surface area contributed by atoms with E-state index >= 15 is 0 Å². The number of piperidine rings is 1. The molecule has 1 fully saturated rings. The molecule has 6 nitrogen and oxygen atoms in total. The summed E-state index contributed by atoms with van der Waals surface area (Å²) in [5.41, 5.74) is 3.79. The van der Waals surface area contributed by atoms with Gasteiger partial charge in [0, 0.05) is 31.0 Å². The Morgan fingerprint density at radius 2 is 1.83 bits per heavy atom. The maximum Gasteiger partial charge on any atom is 0.258 e. The number of likely N-dealkylation sites (tertiary alicyclic amines) is 1. The standard InChI is InChI=1S/C23H28ClN5O/c1-14(2)28-11-9-18(10-12-28)29-22-20(16(4)27-29)21(24)19(13-25-22)23(30)26-17-7-5-15(3)6-8-17/h5-8,13-14,18H,9-12H2,1-4H3,(H,26,30). The van der Waals surface area contributed by atoms with Crippen LogP contribution < -0.4 is 5.32 Å². The first-order valence-corrected chi connectivity index (χ1v) is 10.9. The van der Waals surface area contributed by atoms with Gasteiger partial charge < -0.3 is 10.2 Å². The average molecular weight is 426 g/mol. The van der Waals surface area contributed by atoms with Crippen molar-refractivity contribution < 1.29 is 4.79 Å². The van der Waals surface area contributed by atoms with Crippen molar-refractivity contribution in [3.63, 3.8) is 0 Å². The van der Waals surface area contributed by atoms with Gasteiger partial charge in [-0.2, -0.15) is 5.10 Å². The molecule has 0 atom stereocenters. The molecular formula is C23H28ClN5O. The number of rotatable bonds is 4. The van der Waals surface area contributed by atoms with Crippen LogP contribution >= 0.6 is 11.6 Å².